The molecule has 1 atom stereocenters. The number of fused-ring (bicyclic) bond motifs is 2. The van der Waals surface area contributed by atoms with Crippen LogP contribution in [0.3, 0.4) is 0 Å². The van der Waals surface area contributed by atoms with Crippen LogP contribution in [0.1, 0.15) is 17.7 Å². The Bertz CT molecular complexity index is 1300. The van der Waals surface area contributed by atoms with E-state index in [9.17, 15) is 14.0 Å². The lowest BCUT2D eigenvalue weighted by molar-refractivity contribution is -0.132. The fourth-order valence-corrected chi connectivity index (χ4v) is 4.69. The minimum Gasteiger partial charge on any atom is -0.436 e. The summed E-state index contributed by atoms with van der Waals surface area (Å²) >= 11 is 5.98. The average molecular weight is 473 g/mol. The van der Waals surface area contributed by atoms with Crippen molar-refractivity contribution in [3.05, 3.63) is 52.4 Å². The molecule has 172 valence electrons. The highest BCUT2D eigenvalue weighted by atomic mass is 35.5. The van der Waals surface area contributed by atoms with Crippen LogP contribution in [0, 0.1) is 12.7 Å². The average Bonchev–Trinajstić information content (AvgIpc) is 3.43. The van der Waals surface area contributed by atoms with Gasteiger partial charge in [-0.1, -0.05) is 11.6 Å². The van der Waals surface area contributed by atoms with E-state index in [4.69, 9.17) is 22.1 Å². The molecular formula is C22H22ClFN6O3. The maximum atomic E-state index is 14.9. The Labute approximate surface area is 193 Å². The molecule has 3 N–H and O–H groups in total. The van der Waals surface area contributed by atoms with Gasteiger partial charge < -0.3 is 19.9 Å². The van der Waals surface area contributed by atoms with Crippen molar-refractivity contribution in [1.82, 2.24) is 19.2 Å². The van der Waals surface area contributed by atoms with Crippen molar-refractivity contribution in [1.29, 1.82) is 0 Å². The van der Waals surface area contributed by atoms with Gasteiger partial charge in [-0.3, -0.25) is 10.1 Å². The van der Waals surface area contributed by atoms with Crippen LogP contribution in [-0.2, 0) is 28.7 Å². The molecule has 4 heterocycles. The minimum absolute atomic E-state index is 0.00848. The molecule has 0 bridgehead atoms. The third-order valence-corrected chi connectivity index (χ3v) is 6.68. The number of carbonyl (C=O) groups excluding carboxylic acids is 2. The Balaban J connectivity index is 1.38. The number of anilines is 2. The monoisotopic (exact) mass is 472 g/mol. The second-order valence-corrected chi connectivity index (χ2v) is 8.80. The molecule has 0 unspecified atom stereocenters. The van der Waals surface area contributed by atoms with E-state index in [0.717, 1.165) is 11.4 Å². The van der Waals surface area contributed by atoms with Crippen LogP contribution in [0.5, 0.6) is 0 Å². The van der Waals surface area contributed by atoms with Crippen molar-refractivity contribution < 1.29 is 18.7 Å². The molecule has 3 aromatic rings. The van der Waals surface area contributed by atoms with Gasteiger partial charge in [-0.25, -0.2) is 13.9 Å². The molecule has 2 aliphatic rings. The molecule has 9 nitrogen and oxygen atoms in total. The Morgan fingerprint density at radius 1 is 1.36 bits per heavy atom. The third-order valence-electron chi connectivity index (χ3n) is 6.39. The number of nitrogen functional groups attached to an aromatic ring is 1. The lowest BCUT2D eigenvalue weighted by Crippen LogP contribution is -2.44. The maximum Gasteiger partial charge on any atom is 0.412 e. The van der Waals surface area contributed by atoms with Gasteiger partial charge in [-0.15, -0.1) is 0 Å². The maximum absolute atomic E-state index is 14.9. The van der Waals surface area contributed by atoms with Gasteiger partial charge in [0, 0.05) is 31.8 Å². The van der Waals surface area contributed by atoms with Gasteiger partial charge in [0.05, 0.1) is 28.5 Å². The van der Waals surface area contributed by atoms with Gasteiger partial charge in [0.1, 0.15) is 18.1 Å². The number of hydrogen-bond donors (Lipinski definition) is 2. The van der Waals surface area contributed by atoms with Gasteiger partial charge in [-0.2, -0.15) is 5.10 Å². The van der Waals surface area contributed by atoms with E-state index in [1.807, 2.05) is 30.7 Å². The van der Waals surface area contributed by atoms with E-state index in [1.54, 1.807) is 6.07 Å². The van der Waals surface area contributed by atoms with E-state index >= 15 is 0 Å². The summed E-state index contributed by atoms with van der Waals surface area (Å²) in [5.41, 5.74) is 7.88. The predicted molar refractivity (Wildman–Crippen MR) is 120 cm³/mol. The van der Waals surface area contributed by atoms with Gasteiger partial charge in [0.15, 0.2) is 11.4 Å². The highest BCUT2D eigenvalue weighted by Crippen LogP contribution is 2.45. The summed E-state index contributed by atoms with van der Waals surface area (Å²) in [7, 11) is 1.93. The first kappa shape index (κ1) is 21.3. The van der Waals surface area contributed by atoms with Crippen LogP contribution in [0.25, 0.3) is 11.4 Å². The van der Waals surface area contributed by atoms with Crippen LogP contribution in [-0.4, -0.2) is 44.3 Å². The number of aryl methyl sites for hydroxylation is 1. The van der Waals surface area contributed by atoms with E-state index in [1.165, 1.54) is 21.7 Å². The van der Waals surface area contributed by atoms with Crippen molar-refractivity contribution in [2.24, 2.45) is 7.05 Å². The fraction of sp³-hybridized carbons (Fsp3) is 0.318. The van der Waals surface area contributed by atoms with Crippen molar-refractivity contribution in [3.8, 4) is 11.4 Å². The lowest BCUT2D eigenvalue weighted by Gasteiger charge is -2.35. The molecule has 2 aliphatic heterocycles. The van der Waals surface area contributed by atoms with E-state index < -0.39 is 17.5 Å². The molecule has 33 heavy (non-hydrogen) atoms. The number of amides is 2. The molecule has 1 fully saturated rings. The molecule has 5 rings (SSSR count). The number of halogens is 2. The number of nitrogens with zero attached hydrogens (tertiary/aromatic N) is 4. The fourth-order valence-electron chi connectivity index (χ4n) is 4.53. The summed E-state index contributed by atoms with van der Waals surface area (Å²) < 4.78 is 23.9. The number of carbonyl (C=O) groups is 2. The summed E-state index contributed by atoms with van der Waals surface area (Å²) in [4.78, 5) is 26.7. The minimum atomic E-state index is -1.30. The second-order valence-electron chi connectivity index (χ2n) is 8.39. The van der Waals surface area contributed by atoms with Crippen LogP contribution < -0.4 is 11.1 Å². The molecule has 1 saturated heterocycles. The third kappa shape index (κ3) is 3.41. The molecular weight excluding hydrogens is 451 g/mol. The Morgan fingerprint density at radius 3 is 2.88 bits per heavy atom. The molecule has 2 amide bonds. The Morgan fingerprint density at radius 2 is 2.15 bits per heavy atom. The number of aromatic nitrogens is 3. The van der Waals surface area contributed by atoms with Crippen LogP contribution in [0.2, 0.25) is 5.02 Å². The molecule has 0 saturated carbocycles. The molecule has 1 spiro atoms. The molecule has 11 heteroatoms. The topological polar surface area (TPSA) is 107 Å². The Kier molecular flexibility index (Phi) is 4.86. The number of hydrogen-bond acceptors (Lipinski definition) is 5. The van der Waals surface area contributed by atoms with Gasteiger partial charge in [-0.05, 0) is 31.2 Å². The van der Waals surface area contributed by atoms with Crippen molar-refractivity contribution in [3.63, 3.8) is 0 Å². The molecule has 2 aromatic heterocycles. The predicted octanol–water partition coefficient (Wildman–Crippen LogP) is 3.26. The van der Waals surface area contributed by atoms with E-state index in [-0.39, 0.29) is 42.5 Å². The lowest BCUT2D eigenvalue weighted by atomic mass is 9.89. The zero-order valence-electron chi connectivity index (χ0n) is 18.1. The number of nitrogens with one attached hydrogen (secondary N) is 1. The number of ether oxygens (including phenoxy) is 1. The van der Waals surface area contributed by atoms with Gasteiger partial charge in [0.2, 0.25) is 5.91 Å². The van der Waals surface area contributed by atoms with Crippen molar-refractivity contribution >= 4 is 35.1 Å². The smallest absolute Gasteiger partial charge is 0.412 e. The number of benzene rings is 1. The van der Waals surface area contributed by atoms with E-state index in [2.05, 4.69) is 10.4 Å². The molecule has 0 radical (unpaired) electrons. The number of likely N-dealkylation sites (tertiary alicyclic amines) is 1. The zero-order chi connectivity index (χ0) is 23.5. The van der Waals surface area contributed by atoms with Crippen LogP contribution in [0.4, 0.5) is 20.7 Å². The quantitative estimate of drug-likeness (QED) is 0.608. The van der Waals surface area contributed by atoms with Crippen LogP contribution in [0.15, 0.2) is 30.3 Å². The highest BCUT2D eigenvalue weighted by molar-refractivity contribution is 6.31. The zero-order valence-corrected chi connectivity index (χ0v) is 18.8. The first-order valence-electron chi connectivity index (χ1n) is 10.4. The summed E-state index contributed by atoms with van der Waals surface area (Å²) in [5.74, 6) is -0.584. The normalized spacial score (nSPS) is 19.5. The van der Waals surface area contributed by atoms with Crippen molar-refractivity contribution in [2.75, 3.05) is 24.1 Å². The first-order valence-corrected chi connectivity index (χ1v) is 10.8. The summed E-state index contributed by atoms with van der Waals surface area (Å²) in [6.45, 7) is 2.18. The number of nitrogens with two attached hydrogens (primary N) is 1. The SMILES string of the molecule is Cc1ccc(-c2cc(N)n(CC(=O)N3CC[C@@]4(C3)OC(=O)Nc3ccc(Cl)c(F)c34)n2)n1C. The summed E-state index contributed by atoms with van der Waals surface area (Å²) in [6.07, 6.45) is -0.448. The number of rotatable bonds is 3. The largest absolute Gasteiger partial charge is 0.436 e. The standard InChI is InChI=1S/C22H22ClFN6O3/c1-12-3-6-16(28(12)2)15-9-17(25)30(27-15)10-18(31)29-8-7-22(11-29)19-14(26-21(32)33-22)5-4-13(23)20(19)24/h3-6,9H,7-8,10-11,25H2,1-2H3,(H,26,32)/t22-/m0/s1. The second kappa shape index (κ2) is 7.51. The van der Waals surface area contributed by atoms with Crippen molar-refractivity contribution in [2.45, 2.75) is 25.5 Å². The van der Waals surface area contributed by atoms with Crippen LogP contribution >= 0.6 is 11.6 Å². The summed E-state index contributed by atoms with van der Waals surface area (Å²) in [6, 6.07) is 8.54. The van der Waals surface area contributed by atoms with Gasteiger partial charge in [0.25, 0.3) is 0 Å². The molecule has 1 aromatic carbocycles. The molecule has 0 aliphatic carbocycles. The highest BCUT2D eigenvalue weighted by Gasteiger charge is 2.50. The summed E-state index contributed by atoms with van der Waals surface area (Å²) in [5, 5.41) is 6.91. The van der Waals surface area contributed by atoms with Gasteiger partial charge >= 0.3 is 6.09 Å². The van der Waals surface area contributed by atoms with E-state index in [0.29, 0.717) is 17.2 Å². The Hall–Kier alpha value is -3.53. The first-order chi connectivity index (χ1) is 15.7.